The minimum Gasteiger partial charge on any atom is -0.462 e. The largest absolute Gasteiger partial charge is 0.472 e. The maximum absolute atomic E-state index is 13.1. The molecular weight excluding hydrogens is 1290 g/mol. The zero-order valence-electron chi connectivity index (χ0n) is 64.4. The predicted octanol–water partition coefficient (Wildman–Crippen LogP) is 23.3. The van der Waals surface area contributed by atoms with Gasteiger partial charge in [-0.05, 0) is 69.1 Å². The molecule has 0 aromatic rings. The van der Waals surface area contributed by atoms with Crippen molar-refractivity contribution in [3.8, 4) is 0 Å². The number of phosphoric ester groups is 2. The Kier molecular flexibility index (Phi) is 68.1. The molecule has 17 nitrogen and oxygen atoms in total. The fourth-order valence-corrected chi connectivity index (χ4v) is 13.3. The second-order valence-corrected chi connectivity index (χ2v) is 32.5. The third kappa shape index (κ3) is 73.6. The summed E-state index contributed by atoms with van der Waals surface area (Å²) >= 11 is 0. The molecule has 3 N–H and O–H groups in total. The van der Waals surface area contributed by atoms with Gasteiger partial charge in [0.2, 0.25) is 0 Å². The van der Waals surface area contributed by atoms with Crippen LogP contribution in [0.1, 0.15) is 389 Å². The minimum atomic E-state index is -4.97. The van der Waals surface area contributed by atoms with Crippen LogP contribution in [-0.4, -0.2) is 96.7 Å². The monoisotopic (exact) mass is 1450 g/mol. The van der Waals surface area contributed by atoms with Crippen LogP contribution in [0.3, 0.4) is 0 Å². The summed E-state index contributed by atoms with van der Waals surface area (Å²) in [6.07, 6.45) is 60.5. The summed E-state index contributed by atoms with van der Waals surface area (Å²) in [6.45, 7) is 11.8. The number of ether oxygens (including phenoxy) is 4. The Hall–Kier alpha value is -2.46. The molecule has 0 aliphatic heterocycles. The molecule has 0 aromatic heterocycles. The van der Waals surface area contributed by atoms with Crippen molar-refractivity contribution in [2.45, 2.75) is 407 Å². The average Bonchev–Trinajstić information content (AvgIpc) is 1.02. The minimum absolute atomic E-state index is 0.0841. The van der Waals surface area contributed by atoms with Crippen LogP contribution < -0.4 is 0 Å². The molecule has 0 spiro atoms. The molecule has 0 aliphatic rings. The summed E-state index contributed by atoms with van der Waals surface area (Å²) in [7, 11) is -9.93. The lowest BCUT2D eigenvalue weighted by Gasteiger charge is -2.21. The number of allylic oxidation sites excluding steroid dienone is 4. The van der Waals surface area contributed by atoms with Crippen LogP contribution in [0.5, 0.6) is 0 Å². The topological polar surface area (TPSA) is 237 Å². The molecule has 0 heterocycles. The van der Waals surface area contributed by atoms with E-state index in [1.165, 1.54) is 180 Å². The maximum Gasteiger partial charge on any atom is 0.472 e. The van der Waals surface area contributed by atoms with Crippen molar-refractivity contribution in [2.75, 3.05) is 39.6 Å². The fraction of sp³-hybridized carbons (Fsp3) is 0.900. The molecule has 0 aliphatic carbocycles. The van der Waals surface area contributed by atoms with E-state index in [1.54, 1.807) is 0 Å². The molecule has 0 saturated heterocycles. The Labute approximate surface area is 605 Å². The highest BCUT2D eigenvalue weighted by Crippen LogP contribution is 2.45. The standard InChI is InChI=1S/C80H152O17P2/c1-8-9-10-11-12-13-14-15-17-24-29-34-41-49-56-63-80(85)97-76(68-91-78(83)62-55-48-43-36-39-46-53-60-73(6)7)70-95-99(88,89)93-66-74(81)65-92-98(86,87)94-69-75(96-79(84)64-57-50-42-35-30-25-20-22-27-32-38-45-52-59-72(4)5)67-90-77(82)61-54-47-40-33-28-23-19-16-18-21-26-31-37-44-51-58-71(2)3/h13-15,17,71-76,81H,8-12,16,18-70H2,1-7H3,(H,86,87)(H,88,89)/b14-13-,17-15-/t74?,75-,76-/m1/s1. The van der Waals surface area contributed by atoms with E-state index in [0.29, 0.717) is 31.6 Å². The van der Waals surface area contributed by atoms with Crippen LogP contribution in [0, 0.1) is 17.8 Å². The van der Waals surface area contributed by atoms with Gasteiger partial charge in [0.1, 0.15) is 19.3 Å². The molecule has 0 fully saturated rings. The number of aliphatic hydroxyl groups is 1. The second-order valence-electron chi connectivity index (χ2n) is 29.5. The molecule has 19 heteroatoms. The highest BCUT2D eigenvalue weighted by Gasteiger charge is 2.30. The van der Waals surface area contributed by atoms with E-state index in [4.69, 9.17) is 37.0 Å². The number of phosphoric acid groups is 2. The van der Waals surface area contributed by atoms with Crippen LogP contribution in [-0.2, 0) is 65.4 Å². The van der Waals surface area contributed by atoms with Gasteiger partial charge in [0.25, 0.3) is 0 Å². The third-order valence-corrected chi connectivity index (χ3v) is 19.9. The number of hydrogen-bond acceptors (Lipinski definition) is 15. The van der Waals surface area contributed by atoms with Crippen molar-refractivity contribution in [1.29, 1.82) is 0 Å². The summed E-state index contributed by atoms with van der Waals surface area (Å²) in [5.41, 5.74) is 0. The highest BCUT2D eigenvalue weighted by atomic mass is 31.2. The summed E-state index contributed by atoms with van der Waals surface area (Å²) in [5, 5.41) is 10.6. The van der Waals surface area contributed by atoms with E-state index in [1.807, 2.05) is 0 Å². The van der Waals surface area contributed by atoms with Crippen LogP contribution in [0.15, 0.2) is 24.3 Å². The zero-order chi connectivity index (χ0) is 73.0. The van der Waals surface area contributed by atoms with E-state index >= 15 is 0 Å². The van der Waals surface area contributed by atoms with E-state index < -0.39 is 97.5 Å². The number of carbonyl (C=O) groups is 4. The first-order valence-corrected chi connectivity index (χ1v) is 43.7. The maximum atomic E-state index is 13.1. The predicted molar refractivity (Wildman–Crippen MR) is 404 cm³/mol. The summed E-state index contributed by atoms with van der Waals surface area (Å²) < 4.78 is 68.6. The average molecular weight is 1450 g/mol. The molecule has 0 bridgehead atoms. The van der Waals surface area contributed by atoms with Gasteiger partial charge in [-0.15, -0.1) is 0 Å². The van der Waals surface area contributed by atoms with Crippen molar-refractivity contribution in [2.24, 2.45) is 17.8 Å². The van der Waals surface area contributed by atoms with E-state index in [-0.39, 0.29) is 25.7 Å². The van der Waals surface area contributed by atoms with Crippen LogP contribution in [0.25, 0.3) is 0 Å². The van der Waals surface area contributed by atoms with Crippen LogP contribution in [0.2, 0.25) is 0 Å². The van der Waals surface area contributed by atoms with Gasteiger partial charge in [0.15, 0.2) is 12.2 Å². The van der Waals surface area contributed by atoms with Gasteiger partial charge in [-0.25, -0.2) is 9.13 Å². The molecule has 584 valence electrons. The Balaban J connectivity index is 5.28. The van der Waals surface area contributed by atoms with Crippen molar-refractivity contribution in [1.82, 2.24) is 0 Å². The second kappa shape index (κ2) is 69.9. The Bertz CT molecular complexity index is 2020. The van der Waals surface area contributed by atoms with Gasteiger partial charge in [0.05, 0.1) is 26.4 Å². The summed E-state index contributed by atoms with van der Waals surface area (Å²) in [5.74, 6) is 0.148. The molecule has 0 rings (SSSR count). The van der Waals surface area contributed by atoms with Gasteiger partial charge in [-0.3, -0.25) is 37.3 Å². The Morgan fingerprint density at radius 1 is 0.313 bits per heavy atom. The first-order chi connectivity index (χ1) is 47.7. The van der Waals surface area contributed by atoms with Crippen LogP contribution in [0.4, 0.5) is 0 Å². The number of hydrogen-bond donors (Lipinski definition) is 3. The Morgan fingerprint density at radius 2 is 0.545 bits per heavy atom. The molecule has 99 heavy (non-hydrogen) atoms. The SMILES string of the molecule is CCCCCC/C=C\C=C/CCCCCCCC(=O)O[C@H](COC(=O)CCCCCCCCCC(C)C)COP(=O)(O)OCC(O)COP(=O)(O)OC[C@@H](COC(=O)CCCCCCCCCCCCCCCCCC(C)C)OC(=O)CCCCCCCCCCCCCCCC(C)C. The van der Waals surface area contributed by atoms with E-state index in [0.717, 1.165) is 121 Å². The first-order valence-electron chi connectivity index (χ1n) is 40.7. The van der Waals surface area contributed by atoms with Crippen molar-refractivity contribution < 1.29 is 80.2 Å². The highest BCUT2D eigenvalue weighted by molar-refractivity contribution is 7.47. The normalized spacial score (nSPS) is 14.2. The number of aliphatic hydroxyl groups excluding tert-OH is 1. The number of esters is 4. The van der Waals surface area contributed by atoms with Crippen molar-refractivity contribution in [3.05, 3.63) is 24.3 Å². The molecule has 0 amide bonds. The van der Waals surface area contributed by atoms with Gasteiger partial charge in [-0.2, -0.15) is 0 Å². The fourth-order valence-electron chi connectivity index (χ4n) is 11.8. The molecule has 0 saturated carbocycles. The lowest BCUT2D eigenvalue weighted by molar-refractivity contribution is -0.161. The van der Waals surface area contributed by atoms with Gasteiger partial charge in [-0.1, -0.05) is 336 Å². The van der Waals surface area contributed by atoms with Crippen molar-refractivity contribution >= 4 is 39.5 Å². The number of unbranched alkanes of at least 4 members (excludes halogenated alkanes) is 41. The molecule has 5 atom stereocenters. The lowest BCUT2D eigenvalue weighted by Crippen LogP contribution is -2.30. The van der Waals surface area contributed by atoms with Gasteiger partial charge in [0, 0.05) is 25.7 Å². The van der Waals surface area contributed by atoms with Gasteiger partial charge >= 0.3 is 39.5 Å². The third-order valence-electron chi connectivity index (χ3n) is 18.0. The van der Waals surface area contributed by atoms with Crippen LogP contribution >= 0.6 is 15.6 Å². The van der Waals surface area contributed by atoms with E-state index in [2.05, 4.69) is 72.8 Å². The molecule has 3 unspecified atom stereocenters. The summed E-state index contributed by atoms with van der Waals surface area (Å²) in [6, 6.07) is 0. The molecule has 0 aromatic carbocycles. The lowest BCUT2D eigenvalue weighted by atomic mass is 10.0. The van der Waals surface area contributed by atoms with Gasteiger partial charge < -0.3 is 33.8 Å². The summed E-state index contributed by atoms with van der Waals surface area (Å²) in [4.78, 5) is 72.9. The number of carbonyl (C=O) groups excluding carboxylic acids is 4. The van der Waals surface area contributed by atoms with Crippen molar-refractivity contribution in [3.63, 3.8) is 0 Å². The number of rotatable bonds is 76. The smallest absolute Gasteiger partial charge is 0.462 e. The molecular formula is C80H152O17P2. The first kappa shape index (κ1) is 96.5. The Morgan fingerprint density at radius 3 is 0.818 bits per heavy atom. The van der Waals surface area contributed by atoms with E-state index in [9.17, 15) is 43.2 Å². The zero-order valence-corrected chi connectivity index (χ0v) is 66.2. The quantitative estimate of drug-likeness (QED) is 0.0169. The molecule has 0 radical (unpaired) electrons.